The Morgan fingerprint density at radius 2 is 1.92 bits per heavy atom. The van der Waals surface area contributed by atoms with E-state index < -0.39 is 0 Å². The van der Waals surface area contributed by atoms with Crippen molar-refractivity contribution in [1.29, 1.82) is 0 Å². The van der Waals surface area contributed by atoms with E-state index in [0.29, 0.717) is 23.0 Å². The number of methoxy groups -OCH3 is 1. The third-order valence-corrected chi connectivity index (χ3v) is 4.34. The number of thiocarbonyl (C=S) groups is 1. The summed E-state index contributed by atoms with van der Waals surface area (Å²) in [6.45, 7) is 2.40. The highest BCUT2D eigenvalue weighted by atomic mass is 32.1. The molecule has 0 spiro atoms. The molecule has 25 heavy (non-hydrogen) atoms. The van der Waals surface area contributed by atoms with Gasteiger partial charge in [0.05, 0.1) is 18.2 Å². The van der Waals surface area contributed by atoms with Crippen molar-refractivity contribution in [2.75, 3.05) is 20.3 Å². The second-order valence-electron chi connectivity index (χ2n) is 5.81. The van der Waals surface area contributed by atoms with Crippen molar-refractivity contribution >= 4 is 34.1 Å². The zero-order valence-corrected chi connectivity index (χ0v) is 15.0. The maximum absolute atomic E-state index is 12.6. The monoisotopic (exact) mass is 356 g/mol. The molecule has 0 fully saturated rings. The first-order valence-corrected chi connectivity index (χ1v) is 8.44. The molecule has 5 nitrogen and oxygen atoms in total. The number of rotatable bonds is 5. The van der Waals surface area contributed by atoms with Crippen molar-refractivity contribution in [1.82, 2.24) is 10.6 Å². The summed E-state index contributed by atoms with van der Waals surface area (Å²) in [7, 11) is 1.57. The van der Waals surface area contributed by atoms with Crippen LogP contribution >= 0.6 is 12.2 Å². The van der Waals surface area contributed by atoms with Gasteiger partial charge in [0.2, 0.25) is 0 Å². The highest BCUT2D eigenvalue weighted by Gasteiger charge is 2.31. The summed E-state index contributed by atoms with van der Waals surface area (Å²) in [4.78, 5) is 12.6. The first-order chi connectivity index (χ1) is 12.1. The molecule has 6 heteroatoms. The SMILES string of the molecule is COCCOC(=O)C1=C(C)NC(=S)N[C@H]1c1ccc2ccccc2c1. The second-order valence-corrected chi connectivity index (χ2v) is 6.21. The minimum atomic E-state index is -0.379. The van der Waals surface area contributed by atoms with Crippen LogP contribution in [0.4, 0.5) is 0 Å². The molecule has 0 radical (unpaired) electrons. The number of nitrogens with one attached hydrogen (secondary N) is 2. The smallest absolute Gasteiger partial charge is 0.338 e. The molecular formula is C19H20N2O3S. The number of esters is 1. The van der Waals surface area contributed by atoms with Gasteiger partial charge in [0.1, 0.15) is 6.61 Å². The van der Waals surface area contributed by atoms with Crippen LogP contribution in [0.15, 0.2) is 53.7 Å². The van der Waals surface area contributed by atoms with Gasteiger partial charge in [0, 0.05) is 12.8 Å². The van der Waals surface area contributed by atoms with Gasteiger partial charge < -0.3 is 20.1 Å². The van der Waals surface area contributed by atoms with E-state index in [0.717, 1.165) is 16.3 Å². The molecule has 2 aromatic carbocycles. The maximum Gasteiger partial charge on any atom is 0.338 e. The normalized spacial score (nSPS) is 17.2. The molecule has 130 valence electrons. The van der Waals surface area contributed by atoms with E-state index in [-0.39, 0.29) is 18.6 Å². The Hall–Kier alpha value is -2.44. The molecule has 1 atom stereocenters. The zero-order chi connectivity index (χ0) is 17.8. The molecule has 0 saturated heterocycles. The van der Waals surface area contributed by atoms with Crippen LogP contribution < -0.4 is 10.6 Å². The van der Waals surface area contributed by atoms with E-state index in [1.54, 1.807) is 7.11 Å². The van der Waals surface area contributed by atoms with Gasteiger partial charge in [0.25, 0.3) is 0 Å². The minimum Gasteiger partial charge on any atom is -0.460 e. The first kappa shape index (κ1) is 17.4. The van der Waals surface area contributed by atoms with Crippen molar-refractivity contribution in [3.63, 3.8) is 0 Å². The van der Waals surface area contributed by atoms with Gasteiger partial charge in [-0.25, -0.2) is 4.79 Å². The van der Waals surface area contributed by atoms with Crippen molar-refractivity contribution in [2.24, 2.45) is 0 Å². The van der Waals surface area contributed by atoms with E-state index in [9.17, 15) is 4.79 Å². The molecule has 3 rings (SSSR count). The Morgan fingerprint density at radius 3 is 2.68 bits per heavy atom. The standard InChI is InChI=1S/C19H20N2O3S/c1-12-16(18(22)24-10-9-23-2)17(21-19(25)20-12)15-8-7-13-5-3-4-6-14(13)11-15/h3-8,11,17H,9-10H2,1-2H3,(H2,20,21,25)/t17-/m0/s1. The Balaban J connectivity index is 1.96. The summed E-state index contributed by atoms with van der Waals surface area (Å²) in [5, 5.41) is 8.93. The van der Waals surface area contributed by atoms with E-state index in [1.807, 2.05) is 37.3 Å². The zero-order valence-electron chi connectivity index (χ0n) is 14.2. The van der Waals surface area contributed by atoms with Crippen LogP contribution in [-0.4, -0.2) is 31.4 Å². The molecule has 0 aromatic heterocycles. The molecule has 0 bridgehead atoms. The van der Waals surface area contributed by atoms with Gasteiger partial charge in [-0.15, -0.1) is 0 Å². The summed E-state index contributed by atoms with van der Waals surface area (Å²) < 4.78 is 10.3. The number of carbonyl (C=O) groups excluding carboxylic acids is 1. The topological polar surface area (TPSA) is 59.6 Å². The Labute approximate surface area is 152 Å². The predicted octanol–water partition coefficient (Wildman–Crippen LogP) is 2.82. The number of hydrogen-bond acceptors (Lipinski definition) is 4. The van der Waals surface area contributed by atoms with Crippen LogP contribution in [-0.2, 0) is 14.3 Å². The van der Waals surface area contributed by atoms with Crippen LogP contribution in [0.25, 0.3) is 10.8 Å². The van der Waals surface area contributed by atoms with Crippen molar-refractivity contribution in [3.8, 4) is 0 Å². The summed E-state index contributed by atoms with van der Waals surface area (Å²) in [6, 6.07) is 13.9. The quantitative estimate of drug-likeness (QED) is 0.488. The lowest BCUT2D eigenvalue weighted by Crippen LogP contribution is -2.45. The molecule has 0 saturated carbocycles. The van der Waals surface area contributed by atoms with Crippen molar-refractivity contribution < 1.29 is 14.3 Å². The summed E-state index contributed by atoms with van der Waals surface area (Å²) >= 11 is 5.27. The van der Waals surface area contributed by atoms with Crippen LogP contribution in [0.5, 0.6) is 0 Å². The number of ether oxygens (including phenoxy) is 2. The molecule has 2 N–H and O–H groups in total. The fourth-order valence-electron chi connectivity index (χ4n) is 2.90. The molecule has 0 unspecified atom stereocenters. The van der Waals surface area contributed by atoms with Gasteiger partial charge in [-0.2, -0.15) is 0 Å². The predicted molar refractivity (Wildman–Crippen MR) is 101 cm³/mol. The largest absolute Gasteiger partial charge is 0.460 e. The highest BCUT2D eigenvalue weighted by Crippen LogP contribution is 2.29. The summed E-state index contributed by atoms with van der Waals surface area (Å²) in [6.07, 6.45) is 0. The van der Waals surface area contributed by atoms with Crippen LogP contribution in [0.2, 0.25) is 0 Å². The van der Waals surface area contributed by atoms with E-state index in [2.05, 4.69) is 22.8 Å². The van der Waals surface area contributed by atoms with E-state index >= 15 is 0 Å². The number of carbonyl (C=O) groups is 1. The van der Waals surface area contributed by atoms with Crippen molar-refractivity contribution in [3.05, 3.63) is 59.3 Å². The lowest BCUT2D eigenvalue weighted by atomic mass is 9.94. The number of hydrogen-bond donors (Lipinski definition) is 2. The van der Waals surface area contributed by atoms with Gasteiger partial charge in [-0.1, -0.05) is 36.4 Å². The summed E-state index contributed by atoms with van der Waals surface area (Å²) in [5.74, 6) is -0.379. The van der Waals surface area contributed by atoms with E-state index in [4.69, 9.17) is 21.7 Å². The van der Waals surface area contributed by atoms with Gasteiger partial charge in [0.15, 0.2) is 5.11 Å². The van der Waals surface area contributed by atoms with Crippen LogP contribution in [0, 0.1) is 0 Å². The number of allylic oxidation sites excluding steroid dienone is 1. The van der Waals surface area contributed by atoms with Gasteiger partial charge in [-0.3, -0.25) is 0 Å². The average Bonchev–Trinajstić information content (AvgIpc) is 2.60. The Morgan fingerprint density at radius 1 is 1.16 bits per heavy atom. The molecule has 1 aliphatic heterocycles. The Bertz CT molecular complexity index is 847. The molecule has 1 aliphatic rings. The van der Waals surface area contributed by atoms with Crippen molar-refractivity contribution in [2.45, 2.75) is 13.0 Å². The van der Waals surface area contributed by atoms with Gasteiger partial charge >= 0.3 is 5.97 Å². The van der Waals surface area contributed by atoms with E-state index in [1.165, 1.54) is 0 Å². The number of fused-ring (bicyclic) bond motifs is 1. The highest BCUT2D eigenvalue weighted by molar-refractivity contribution is 7.80. The second kappa shape index (κ2) is 7.63. The average molecular weight is 356 g/mol. The molecule has 2 aromatic rings. The third kappa shape index (κ3) is 3.81. The van der Waals surface area contributed by atoms with Crippen LogP contribution in [0.3, 0.4) is 0 Å². The molecule has 0 amide bonds. The lowest BCUT2D eigenvalue weighted by Gasteiger charge is -2.30. The third-order valence-electron chi connectivity index (χ3n) is 4.12. The fraction of sp³-hybridized carbons (Fsp3) is 0.263. The van der Waals surface area contributed by atoms with Gasteiger partial charge in [-0.05, 0) is 41.5 Å². The Kier molecular flexibility index (Phi) is 5.31. The lowest BCUT2D eigenvalue weighted by molar-refractivity contribution is -0.140. The maximum atomic E-state index is 12.6. The molecule has 0 aliphatic carbocycles. The minimum absolute atomic E-state index is 0.209. The first-order valence-electron chi connectivity index (χ1n) is 8.03. The number of benzene rings is 2. The van der Waals surface area contributed by atoms with Crippen LogP contribution in [0.1, 0.15) is 18.5 Å². The molecular weight excluding hydrogens is 336 g/mol. The summed E-state index contributed by atoms with van der Waals surface area (Å²) in [5.41, 5.74) is 2.19. The molecule has 1 heterocycles. The fourth-order valence-corrected chi connectivity index (χ4v) is 3.17.